The second-order valence-electron chi connectivity index (χ2n) is 4.24. The first-order valence-corrected chi connectivity index (χ1v) is 7.78. The van der Waals surface area contributed by atoms with E-state index in [4.69, 9.17) is 0 Å². The minimum Gasteiger partial charge on any atom is -0.305 e. The van der Waals surface area contributed by atoms with E-state index in [0.29, 0.717) is 6.04 Å². The lowest BCUT2D eigenvalue weighted by Gasteiger charge is -2.13. The fraction of sp³-hybridized carbons (Fsp3) is 0.357. The third-order valence-corrected chi connectivity index (χ3v) is 4.38. The number of nitrogens with one attached hydrogen (secondary N) is 1. The van der Waals surface area contributed by atoms with Gasteiger partial charge in [0.05, 0.1) is 10.7 Å². The van der Waals surface area contributed by atoms with Gasteiger partial charge in [0.15, 0.2) is 0 Å². The highest BCUT2D eigenvalue weighted by Crippen LogP contribution is 2.18. The zero-order valence-electron chi connectivity index (χ0n) is 10.6. The molecule has 1 atom stereocenters. The van der Waals surface area contributed by atoms with Crippen molar-refractivity contribution in [2.45, 2.75) is 32.9 Å². The molecule has 0 spiro atoms. The van der Waals surface area contributed by atoms with Crippen LogP contribution >= 0.6 is 27.3 Å². The van der Waals surface area contributed by atoms with Crippen molar-refractivity contribution in [2.24, 2.45) is 0 Å². The molecule has 0 aliphatic carbocycles. The second kappa shape index (κ2) is 6.45. The summed E-state index contributed by atoms with van der Waals surface area (Å²) < 4.78 is 1.12. The topological polar surface area (TPSA) is 24.9 Å². The van der Waals surface area contributed by atoms with E-state index in [0.717, 1.165) is 23.1 Å². The van der Waals surface area contributed by atoms with Gasteiger partial charge in [0, 0.05) is 22.4 Å². The van der Waals surface area contributed by atoms with Crippen LogP contribution in [-0.4, -0.2) is 4.98 Å². The lowest BCUT2D eigenvalue weighted by Crippen LogP contribution is -2.18. The van der Waals surface area contributed by atoms with Gasteiger partial charge in [0.25, 0.3) is 0 Å². The molecule has 1 N–H and O–H groups in total. The highest BCUT2D eigenvalue weighted by atomic mass is 79.9. The monoisotopic (exact) mass is 324 g/mol. The maximum absolute atomic E-state index is 4.56. The van der Waals surface area contributed by atoms with E-state index in [1.807, 2.05) is 6.07 Å². The van der Waals surface area contributed by atoms with Gasteiger partial charge in [0.2, 0.25) is 0 Å². The van der Waals surface area contributed by atoms with Crippen LogP contribution in [0.1, 0.15) is 36.2 Å². The average Bonchev–Trinajstić information content (AvgIpc) is 2.84. The Kier molecular flexibility index (Phi) is 4.92. The van der Waals surface area contributed by atoms with Gasteiger partial charge in [-0.05, 0) is 31.0 Å². The fourth-order valence-corrected chi connectivity index (χ4v) is 2.91. The minimum atomic E-state index is 0.328. The first kappa shape index (κ1) is 13.7. The second-order valence-corrected chi connectivity index (χ2v) is 6.10. The molecule has 18 heavy (non-hydrogen) atoms. The predicted octanol–water partition coefficient (Wildman–Crippen LogP) is 4.32. The molecule has 1 aromatic heterocycles. The van der Waals surface area contributed by atoms with Gasteiger partial charge in [-0.1, -0.05) is 35.0 Å². The number of benzene rings is 1. The van der Waals surface area contributed by atoms with Crippen molar-refractivity contribution >= 4 is 27.3 Å². The van der Waals surface area contributed by atoms with Gasteiger partial charge < -0.3 is 5.32 Å². The van der Waals surface area contributed by atoms with Gasteiger partial charge in [-0.3, -0.25) is 0 Å². The largest absolute Gasteiger partial charge is 0.305 e. The minimum absolute atomic E-state index is 0.328. The number of aryl methyl sites for hydroxylation is 1. The molecule has 96 valence electrons. The number of hydrogen-bond acceptors (Lipinski definition) is 3. The van der Waals surface area contributed by atoms with E-state index < -0.39 is 0 Å². The zero-order valence-corrected chi connectivity index (χ0v) is 13.0. The molecule has 0 bridgehead atoms. The van der Waals surface area contributed by atoms with Crippen LogP contribution < -0.4 is 5.32 Å². The Morgan fingerprint density at radius 1 is 1.44 bits per heavy atom. The number of hydrogen-bond donors (Lipinski definition) is 1. The maximum Gasteiger partial charge on any atom is 0.0926 e. The summed E-state index contributed by atoms with van der Waals surface area (Å²) in [5.74, 6) is 0. The van der Waals surface area contributed by atoms with Crippen molar-refractivity contribution in [2.75, 3.05) is 0 Å². The maximum atomic E-state index is 4.56. The van der Waals surface area contributed by atoms with E-state index >= 15 is 0 Å². The number of thiazole rings is 1. The van der Waals surface area contributed by atoms with Crippen molar-refractivity contribution < 1.29 is 0 Å². The van der Waals surface area contributed by atoms with Crippen LogP contribution in [0.3, 0.4) is 0 Å². The number of nitrogens with zero attached hydrogens (tertiary/aromatic N) is 1. The summed E-state index contributed by atoms with van der Waals surface area (Å²) in [6, 6.07) is 8.73. The summed E-state index contributed by atoms with van der Waals surface area (Å²) >= 11 is 5.24. The third-order valence-electron chi connectivity index (χ3n) is 2.84. The summed E-state index contributed by atoms with van der Waals surface area (Å²) in [6.45, 7) is 5.14. The Balaban J connectivity index is 1.93. The first-order chi connectivity index (χ1) is 8.69. The zero-order chi connectivity index (χ0) is 13.0. The SMILES string of the molecule is CCc1nc(CN[C@@H](C)c2cccc(Br)c2)cs1. The Hall–Kier alpha value is -0.710. The normalized spacial score (nSPS) is 12.6. The van der Waals surface area contributed by atoms with Crippen LogP contribution in [0, 0.1) is 0 Å². The van der Waals surface area contributed by atoms with Crippen molar-refractivity contribution in [3.05, 3.63) is 50.4 Å². The van der Waals surface area contributed by atoms with E-state index in [1.54, 1.807) is 11.3 Å². The van der Waals surface area contributed by atoms with Gasteiger partial charge in [-0.25, -0.2) is 4.98 Å². The first-order valence-electron chi connectivity index (χ1n) is 6.11. The van der Waals surface area contributed by atoms with E-state index in [1.165, 1.54) is 10.6 Å². The summed E-state index contributed by atoms with van der Waals surface area (Å²) in [5.41, 5.74) is 2.43. The highest BCUT2D eigenvalue weighted by molar-refractivity contribution is 9.10. The molecule has 1 aromatic carbocycles. The lowest BCUT2D eigenvalue weighted by molar-refractivity contribution is 0.568. The van der Waals surface area contributed by atoms with E-state index in [9.17, 15) is 0 Å². The molecule has 0 aliphatic rings. The Morgan fingerprint density at radius 2 is 2.28 bits per heavy atom. The van der Waals surface area contributed by atoms with Crippen molar-refractivity contribution in [1.82, 2.24) is 10.3 Å². The highest BCUT2D eigenvalue weighted by Gasteiger charge is 2.06. The van der Waals surface area contributed by atoms with Crippen molar-refractivity contribution in [3.8, 4) is 0 Å². The number of rotatable bonds is 5. The van der Waals surface area contributed by atoms with Gasteiger partial charge in [-0.2, -0.15) is 0 Å². The Labute approximate surface area is 121 Å². The molecule has 0 saturated carbocycles. The summed E-state index contributed by atoms with van der Waals surface area (Å²) in [6.07, 6.45) is 1.02. The molecular weight excluding hydrogens is 308 g/mol. The molecule has 1 heterocycles. The van der Waals surface area contributed by atoms with E-state index in [-0.39, 0.29) is 0 Å². The molecule has 0 amide bonds. The quantitative estimate of drug-likeness (QED) is 0.886. The van der Waals surface area contributed by atoms with E-state index in [2.05, 4.69) is 63.7 Å². The molecule has 0 unspecified atom stereocenters. The van der Waals surface area contributed by atoms with Crippen LogP contribution in [0.4, 0.5) is 0 Å². The molecule has 0 radical (unpaired) electrons. The number of aromatic nitrogens is 1. The Morgan fingerprint density at radius 3 is 2.94 bits per heavy atom. The molecule has 0 fully saturated rings. The van der Waals surface area contributed by atoms with Gasteiger partial charge in [0.1, 0.15) is 0 Å². The molecule has 4 heteroatoms. The molecule has 2 nitrogen and oxygen atoms in total. The molecule has 0 aliphatic heterocycles. The number of halogens is 1. The standard InChI is InChI=1S/C14H17BrN2S/c1-3-14-17-13(9-18-14)8-16-10(2)11-5-4-6-12(15)7-11/h4-7,9-10,16H,3,8H2,1-2H3/t10-/m0/s1. The Bertz CT molecular complexity index is 510. The van der Waals surface area contributed by atoms with Crippen LogP contribution in [0.5, 0.6) is 0 Å². The van der Waals surface area contributed by atoms with Crippen LogP contribution in [0.2, 0.25) is 0 Å². The molecule has 2 aromatic rings. The average molecular weight is 325 g/mol. The van der Waals surface area contributed by atoms with Crippen LogP contribution in [0.25, 0.3) is 0 Å². The fourth-order valence-electron chi connectivity index (χ4n) is 1.74. The predicted molar refractivity (Wildman–Crippen MR) is 80.9 cm³/mol. The molecule has 0 saturated heterocycles. The third kappa shape index (κ3) is 3.64. The summed E-state index contributed by atoms with van der Waals surface area (Å²) in [4.78, 5) is 4.56. The summed E-state index contributed by atoms with van der Waals surface area (Å²) in [7, 11) is 0. The van der Waals surface area contributed by atoms with Crippen molar-refractivity contribution in [1.29, 1.82) is 0 Å². The lowest BCUT2D eigenvalue weighted by atomic mass is 10.1. The van der Waals surface area contributed by atoms with Crippen molar-refractivity contribution in [3.63, 3.8) is 0 Å². The smallest absolute Gasteiger partial charge is 0.0926 e. The van der Waals surface area contributed by atoms with Crippen LogP contribution in [-0.2, 0) is 13.0 Å². The molecular formula is C14H17BrN2S. The summed E-state index contributed by atoms with van der Waals surface area (Å²) in [5, 5.41) is 6.85. The van der Waals surface area contributed by atoms with Crippen LogP contribution in [0.15, 0.2) is 34.1 Å². The van der Waals surface area contributed by atoms with Gasteiger partial charge in [-0.15, -0.1) is 11.3 Å². The van der Waals surface area contributed by atoms with Gasteiger partial charge >= 0.3 is 0 Å². The molecule has 2 rings (SSSR count).